The number of H-pyrrole nitrogens is 1. The Labute approximate surface area is 101 Å². The molecule has 18 heavy (non-hydrogen) atoms. The van der Waals surface area contributed by atoms with Gasteiger partial charge in [0.1, 0.15) is 12.2 Å². The van der Waals surface area contributed by atoms with Crippen molar-refractivity contribution in [2.24, 2.45) is 0 Å². The van der Waals surface area contributed by atoms with Crippen LogP contribution in [0.15, 0.2) is 11.0 Å². The van der Waals surface area contributed by atoms with Crippen LogP contribution in [0.25, 0.3) is 0 Å². The van der Waals surface area contributed by atoms with Gasteiger partial charge in [-0.15, -0.1) is 0 Å². The lowest BCUT2D eigenvalue weighted by Crippen LogP contribution is -2.51. The van der Waals surface area contributed by atoms with Gasteiger partial charge in [-0.25, -0.2) is 4.79 Å². The predicted octanol–water partition coefficient (Wildman–Crippen LogP) is -3.32. The molecule has 4 N–H and O–H groups in total. The van der Waals surface area contributed by atoms with Gasteiger partial charge in [0.2, 0.25) is 0 Å². The molecule has 100 valence electrons. The average Bonchev–Trinajstić information content (AvgIpc) is 2.66. The molecule has 0 unspecified atom stereocenters. The average molecular weight is 260 g/mol. The summed E-state index contributed by atoms with van der Waals surface area (Å²) in [5.41, 5.74) is -0.477. The van der Waals surface area contributed by atoms with E-state index < -0.39 is 36.7 Å². The first-order valence-electron chi connectivity index (χ1n) is 5.26. The summed E-state index contributed by atoms with van der Waals surface area (Å²) in [7, 11) is 1.31. The molecule has 1 fully saturated rings. The fraction of sp³-hybridized carbons (Fsp3) is 0.667. The van der Waals surface area contributed by atoms with Crippen LogP contribution in [0.1, 0.15) is 6.23 Å². The standard InChI is InChI=1S/C9H13N3O6/c1-17-9-11-5(14)2-10-12(9)8-7(16)6(15)4(3-13)18-8/h2,4,6-8,13,15-16H,3H2,1H3/p+1/t4-,6-,7+,8-/m1/s1. The van der Waals surface area contributed by atoms with Crippen LogP contribution in [0, 0.1) is 0 Å². The van der Waals surface area contributed by atoms with Crippen LogP contribution in [0.4, 0.5) is 0 Å². The zero-order chi connectivity index (χ0) is 13.3. The largest absolute Gasteiger partial charge is 0.480 e. The van der Waals surface area contributed by atoms with E-state index in [9.17, 15) is 15.0 Å². The van der Waals surface area contributed by atoms with Crippen molar-refractivity contribution in [3.63, 3.8) is 0 Å². The third-order valence-corrected chi connectivity index (χ3v) is 2.69. The van der Waals surface area contributed by atoms with E-state index in [0.717, 1.165) is 10.9 Å². The van der Waals surface area contributed by atoms with Gasteiger partial charge in [0.25, 0.3) is 6.23 Å². The van der Waals surface area contributed by atoms with Gasteiger partial charge < -0.3 is 24.8 Å². The Hall–Kier alpha value is -1.55. The molecule has 2 heterocycles. The summed E-state index contributed by atoms with van der Waals surface area (Å²) in [6.45, 7) is -0.443. The van der Waals surface area contributed by atoms with E-state index in [0.29, 0.717) is 0 Å². The van der Waals surface area contributed by atoms with E-state index >= 15 is 0 Å². The summed E-state index contributed by atoms with van der Waals surface area (Å²) in [4.78, 5) is 13.4. The highest BCUT2D eigenvalue weighted by molar-refractivity contribution is 4.86. The number of nitrogens with zero attached hydrogens (tertiary/aromatic N) is 2. The fourth-order valence-electron chi connectivity index (χ4n) is 1.77. The highest BCUT2D eigenvalue weighted by Crippen LogP contribution is 2.25. The number of aliphatic hydroxyl groups excluding tert-OH is 3. The Bertz CT molecular complexity index is 478. The predicted molar refractivity (Wildman–Crippen MR) is 54.6 cm³/mol. The van der Waals surface area contributed by atoms with Crippen LogP contribution in [0.5, 0.6) is 6.01 Å². The van der Waals surface area contributed by atoms with Gasteiger partial charge in [0, 0.05) is 0 Å². The molecule has 1 aliphatic heterocycles. The summed E-state index contributed by atoms with van der Waals surface area (Å²) >= 11 is 0. The van der Waals surface area contributed by atoms with E-state index in [1.807, 2.05) is 0 Å². The molecule has 9 heteroatoms. The van der Waals surface area contributed by atoms with Crippen molar-refractivity contribution in [2.75, 3.05) is 13.7 Å². The molecule has 1 aromatic heterocycles. The van der Waals surface area contributed by atoms with Crippen molar-refractivity contribution in [3.8, 4) is 6.01 Å². The molecule has 0 amide bonds. The SMILES string of the molecule is COc1[nH]c(=O)cn[n+]1[C@@H]1O[C@H](CO)[C@@H](O)[C@@H]1O. The molecule has 0 bridgehead atoms. The van der Waals surface area contributed by atoms with Crippen molar-refractivity contribution < 1.29 is 29.5 Å². The number of aliphatic hydroxyl groups is 3. The monoisotopic (exact) mass is 260 g/mol. The zero-order valence-electron chi connectivity index (χ0n) is 9.55. The van der Waals surface area contributed by atoms with E-state index in [-0.39, 0.29) is 6.01 Å². The summed E-state index contributed by atoms with van der Waals surface area (Å²) in [5.74, 6) is 0. The molecular weight excluding hydrogens is 246 g/mol. The molecule has 9 nitrogen and oxygen atoms in total. The maximum atomic E-state index is 11.1. The second-order valence-electron chi connectivity index (χ2n) is 3.82. The minimum Gasteiger partial charge on any atom is -0.433 e. The Morgan fingerprint density at radius 2 is 2.28 bits per heavy atom. The Morgan fingerprint density at radius 3 is 2.83 bits per heavy atom. The van der Waals surface area contributed by atoms with Gasteiger partial charge in [0.05, 0.1) is 13.7 Å². The second-order valence-corrected chi connectivity index (χ2v) is 3.82. The smallest absolute Gasteiger partial charge is 0.433 e. The van der Waals surface area contributed by atoms with Crippen LogP contribution in [-0.2, 0) is 4.74 Å². The number of hydrogen-bond acceptors (Lipinski definition) is 7. The van der Waals surface area contributed by atoms with Crippen molar-refractivity contribution in [1.82, 2.24) is 10.1 Å². The van der Waals surface area contributed by atoms with Gasteiger partial charge in [-0.2, -0.15) is 4.98 Å². The van der Waals surface area contributed by atoms with Crippen molar-refractivity contribution in [2.45, 2.75) is 24.5 Å². The van der Waals surface area contributed by atoms with Crippen molar-refractivity contribution in [3.05, 3.63) is 16.6 Å². The molecule has 0 saturated carbocycles. The lowest BCUT2D eigenvalue weighted by molar-refractivity contribution is -0.819. The van der Waals surface area contributed by atoms with Crippen LogP contribution < -0.4 is 15.0 Å². The fourth-order valence-corrected chi connectivity index (χ4v) is 1.77. The molecule has 2 rings (SSSR count). The highest BCUT2D eigenvalue weighted by atomic mass is 16.6. The van der Waals surface area contributed by atoms with Crippen molar-refractivity contribution >= 4 is 0 Å². The lowest BCUT2D eigenvalue weighted by atomic mass is 10.1. The maximum absolute atomic E-state index is 11.1. The number of hydrogen-bond donors (Lipinski definition) is 4. The van der Waals surface area contributed by atoms with Crippen LogP contribution >= 0.6 is 0 Å². The normalized spacial score (nSPS) is 31.6. The molecular formula is C9H14N3O6+. The van der Waals surface area contributed by atoms with Crippen LogP contribution in [0.3, 0.4) is 0 Å². The maximum Gasteiger partial charge on any atom is 0.480 e. The third kappa shape index (κ3) is 2.08. The van der Waals surface area contributed by atoms with Gasteiger partial charge in [-0.3, -0.25) is 0 Å². The zero-order valence-corrected chi connectivity index (χ0v) is 9.55. The lowest BCUT2D eigenvalue weighted by Gasteiger charge is -2.11. The minimum absolute atomic E-state index is 0.0302. The molecule has 1 aromatic rings. The molecule has 0 radical (unpaired) electrons. The number of ether oxygens (including phenoxy) is 2. The third-order valence-electron chi connectivity index (χ3n) is 2.69. The molecule has 1 aliphatic rings. The van der Waals surface area contributed by atoms with E-state index in [4.69, 9.17) is 14.6 Å². The summed E-state index contributed by atoms with van der Waals surface area (Å²) in [6.07, 6.45) is -3.53. The molecule has 0 aliphatic carbocycles. The summed E-state index contributed by atoms with van der Waals surface area (Å²) in [6, 6.07) is -0.0302. The molecule has 0 spiro atoms. The second kappa shape index (κ2) is 4.98. The van der Waals surface area contributed by atoms with E-state index in [1.165, 1.54) is 7.11 Å². The number of methoxy groups -OCH3 is 1. The number of nitrogens with one attached hydrogen (secondary N) is 1. The van der Waals surface area contributed by atoms with Gasteiger partial charge in [0.15, 0.2) is 12.3 Å². The summed E-state index contributed by atoms with van der Waals surface area (Å²) < 4.78 is 11.2. The topological polar surface area (TPSA) is 129 Å². The number of aromatic nitrogens is 3. The first-order valence-corrected chi connectivity index (χ1v) is 5.26. The first kappa shape index (κ1) is 12.9. The Balaban J connectivity index is 2.35. The van der Waals surface area contributed by atoms with Gasteiger partial charge in [-0.1, -0.05) is 9.78 Å². The molecule has 4 atom stereocenters. The molecule has 1 saturated heterocycles. The van der Waals surface area contributed by atoms with Crippen LogP contribution in [0.2, 0.25) is 0 Å². The minimum atomic E-state index is -1.29. The Morgan fingerprint density at radius 1 is 1.56 bits per heavy atom. The van der Waals surface area contributed by atoms with Crippen molar-refractivity contribution in [1.29, 1.82) is 0 Å². The number of aromatic amines is 1. The van der Waals surface area contributed by atoms with Crippen LogP contribution in [-0.4, -0.2) is 57.4 Å². The number of rotatable bonds is 3. The van der Waals surface area contributed by atoms with E-state index in [2.05, 4.69) is 10.1 Å². The quantitative estimate of drug-likeness (QED) is 0.418. The first-order chi connectivity index (χ1) is 8.58. The summed E-state index contributed by atoms with van der Waals surface area (Å²) in [5, 5.41) is 32.2. The Kier molecular flexibility index (Phi) is 3.57. The molecule has 0 aromatic carbocycles. The van der Waals surface area contributed by atoms with Gasteiger partial charge >= 0.3 is 11.6 Å². The van der Waals surface area contributed by atoms with E-state index in [1.54, 1.807) is 0 Å². The van der Waals surface area contributed by atoms with Gasteiger partial charge in [-0.05, 0) is 0 Å². The highest BCUT2D eigenvalue weighted by Gasteiger charge is 2.48.